The largest absolute Gasteiger partial charge is 0.481 e. The minimum absolute atomic E-state index is 0.0864. The number of fused-ring (bicyclic) bond motifs is 1. The van der Waals surface area contributed by atoms with Gasteiger partial charge in [-0.05, 0) is 6.07 Å². The standard InChI is InChI=1S/C16H17N7O2/c1-25-13-3-5-18-16(20-13)22-9-7-21(8-10-22)14(24)12-11-23-6-2-4-17-15(23)19-12/h2-6,11H,7-10H2,1H3. The zero-order chi connectivity index (χ0) is 17.2. The number of aromatic nitrogens is 5. The Morgan fingerprint density at radius 1 is 1.12 bits per heavy atom. The molecule has 0 aliphatic carbocycles. The molecule has 0 bridgehead atoms. The van der Waals surface area contributed by atoms with Crippen LogP contribution in [-0.2, 0) is 0 Å². The molecule has 0 N–H and O–H groups in total. The minimum atomic E-state index is -0.0864. The zero-order valence-electron chi connectivity index (χ0n) is 13.7. The second-order valence-electron chi connectivity index (χ2n) is 5.63. The molecule has 1 aliphatic rings. The first-order valence-electron chi connectivity index (χ1n) is 7.95. The van der Waals surface area contributed by atoms with E-state index in [2.05, 4.69) is 19.9 Å². The third kappa shape index (κ3) is 2.95. The first-order chi connectivity index (χ1) is 12.2. The zero-order valence-corrected chi connectivity index (χ0v) is 13.7. The fourth-order valence-corrected chi connectivity index (χ4v) is 2.80. The molecule has 0 unspecified atom stereocenters. The van der Waals surface area contributed by atoms with E-state index in [4.69, 9.17) is 4.74 Å². The van der Waals surface area contributed by atoms with Crippen LogP contribution in [0.25, 0.3) is 5.78 Å². The van der Waals surface area contributed by atoms with Crippen LogP contribution in [0, 0.1) is 0 Å². The van der Waals surface area contributed by atoms with Crippen molar-refractivity contribution in [1.82, 2.24) is 29.2 Å². The van der Waals surface area contributed by atoms with Crippen molar-refractivity contribution in [3.8, 4) is 5.88 Å². The fraction of sp³-hybridized carbons (Fsp3) is 0.312. The van der Waals surface area contributed by atoms with Gasteiger partial charge in [-0.2, -0.15) is 4.98 Å². The maximum absolute atomic E-state index is 12.7. The molecule has 9 heteroatoms. The van der Waals surface area contributed by atoms with Crippen molar-refractivity contribution in [3.05, 3.63) is 42.6 Å². The number of carbonyl (C=O) groups is 1. The SMILES string of the molecule is COc1ccnc(N2CCN(C(=O)c3cn4cccnc4n3)CC2)n1. The molecule has 9 nitrogen and oxygen atoms in total. The number of imidazole rings is 1. The molecule has 0 radical (unpaired) electrons. The highest BCUT2D eigenvalue weighted by atomic mass is 16.5. The minimum Gasteiger partial charge on any atom is -0.481 e. The molecule has 1 saturated heterocycles. The number of anilines is 1. The van der Waals surface area contributed by atoms with Gasteiger partial charge >= 0.3 is 0 Å². The number of hydrogen-bond donors (Lipinski definition) is 0. The van der Waals surface area contributed by atoms with Crippen molar-refractivity contribution in [1.29, 1.82) is 0 Å². The molecule has 128 valence electrons. The third-order valence-electron chi connectivity index (χ3n) is 4.13. The Hall–Kier alpha value is -3.23. The van der Waals surface area contributed by atoms with Crippen LogP contribution in [-0.4, -0.2) is 68.4 Å². The second-order valence-corrected chi connectivity index (χ2v) is 5.63. The lowest BCUT2D eigenvalue weighted by Crippen LogP contribution is -2.49. The highest BCUT2D eigenvalue weighted by Gasteiger charge is 2.25. The number of hydrogen-bond acceptors (Lipinski definition) is 7. The monoisotopic (exact) mass is 339 g/mol. The van der Waals surface area contributed by atoms with Crippen molar-refractivity contribution in [3.63, 3.8) is 0 Å². The normalized spacial score (nSPS) is 14.8. The van der Waals surface area contributed by atoms with Gasteiger partial charge in [-0.1, -0.05) is 0 Å². The highest BCUT2D eigenvalue weighted by molar-refractivity contribution is 5.93. The summed E-state index contributed by atoms with van der Waals surface area (Å²) in [7, 11) is 1.58. The topological polar surface area (TPSA) is 88.8 Å². The molecule has 0 saturated carbocycles. The molecule has 0 spiro atoms. The highest BCUT2D eigenvalue weighted by Crippen LogP contribution is 2.15. The predicted molar refractivity (Wildman–Crippen MR) is 89.7 cm³/mol. The smallest absolute Gasteiger partial charge is 0.274 e. The van der Waals surface area contributed by atoms with Crippen LogP contribution >= 0.6 is 0 Å². The van der Waals surface area contributed by atoms with Crippen molar-refractivity contribution >= 4 is 17.6 Å². The van der Waals surface area contributed by atoms with Crippen molar-refractivity contribution < 1.29 is 9.53 Å². The molecule has 1 fully saturated rings. The molecule has 1 aliphatic heterocycles. The summed E-state index contributed by atoms with van der Waals surface area (Å²) in [5.41, 5.74) is 0.407. The van der Waals surface area contributed by atoms with Crippen molar-refractivity contribution in [2.75, 3.05) is 38.2 Å². The summed E-state index contributed by atoms with van der Waals surface area (Å²) in [5.74, 6) is 1.58. The Labute approximate surface area is 143 Å². The number of piperazine rings is 1. The first kappa shape index (κ1) is 15.3. The molecule has 0 aromatic carbocycles. The van der Waals surface area contributed by atoms with E-state index in [0.717, 1.165) is 0 Å². The fourth-order valence-electron chi connectivity index (χ4n) is 2.80. The molecule has 3 aromatic heterocycles. The number of rotatable bonds is 3. The molecule has 25 heavy (non-hydrogen) atoms. The van der Waals surface area contributed by atoms with E-state index < -0.39 is 0 Å². The van der Waals surface area contributed by atoms with Crippen LogP contribution in [0.5, 0.6) is 5.88 Å². The van der Waals surface area contributed by atoms with Crippen LogP contribution in [0.4, 0.5) is 5.95 Å². The van der Waals surface area contributed by atoms with E-state index >= 15 is 0 Å². The third-order valence-corrected chi connectivity index (χ3v) is 4.13. The van der Waals surface area contributed by atoms with Gasteiger partial charge in [0.1, 0.15) is 5.69 Å². The van der Waals surface area contributed by atoms with Gasteiger partial charge in [0.05, 0.1) is 7.11 Å². The Kier molecular flexibility index (Phi) is 3.88. The predicted octanol–water partition coefficient (Wildman–Crippen LogP) is 0.490. The van der Waals surface area contributed by atoms with E-state index in [1.165, 1.54) is 0 Å². The average molecular weight is 339 g/mol. The van der Waals surface area contributed by atoms with Crippen LogP contribution in [0.2, 0.25) is 0 Å². The summed E-state index contributed by atoms with van der Waals surface area (Å²) < 4.78 is 6.88. The second kappa shape index (κ2) is 6.34. The van der Waals surface area contributed by atoms with Gasteiger partial charge in [0, 0.05) is 57.0 Å². The maximum atomic E-state index is 12.7. The van der Waals surface area contributed by atoms with Gasteiger partial charge in [0.15, 0.2) is 0 Å². The van der Waals surface area contributed by atoms with Crippen LogP contribution in [0.3, 0.4) is 0 Å². The number of amides is 1. The average Bonchev–Trinajstić information content (AvgIpc) is 3.12. The number of carbonyl (C=O) groups excluding carboxylic acids is 1. The molecular formula is C16H17N7O2. The lowest BCUT2D eigenvalue weighted by Gasteiger charge is -2.34. The van der Waals surface area contributed by atoms with Crippen molar-refractivity contribution in [2.45, 2.75) is 0 Å². The number of ether oxygens (including phenoxy) is 1. The summed E-state index contributed by atoms with van der Waals surface area (Å²) in [6.45, 7) is 2.48. The Bertz CT molecular complexity index is 869. The summed E-state index contributed by atoms with van der Waals surface area (Å²) in [6.07, 6.45) is 6.86. The summed E-state index contributed by atoms with van der Waals surface area (Å²) >= 11 is 0. The van der Waals surface area contributed by atoms with Gasteiger partial charge in [-0.25, -0.2) is 15.0 Å². The van der Waals surface area contributed by atoms with E-state index in [1.54, 1.807) is 47.1 Å². The van der Waals surface area contributed by atoms with E-state index in [-0.39, 0.29) is 5.91 Å². The lowest BCUT2D eigenvalue weighted by atomic mass is 10.3. The van der Waals surface area contributed by atoms with E-state index in [1.807, 2.05) is 11.1 Å². The van der Waals surface area contributed by atoms with E-state index in [0.29, 0.717) is 49.5 Å². The van der Waals surface area contributed by atoms with Crippen molar-refractivity contribution in [2.24, 2.45) is 0 Å². The Balaban J connectivity index is 1.45. The van der Waals surface area contributed by atoms with Gasteiger partial charge in [0.25, 0.3) is 5.91 Å². The molecule has 4 rings (SSSR count). The Morgan fingerprint density at radius 2 is 1.96 bits per heavy atom. The van der Waals surface area contributed by atoms with Gasteiger partial charge in [-0.3, -0.25) is 9.20 Å². The number of nitrogens with zero attached hydrogens (tertiary/aromatic N) is 7. The Morgan fingerprint density at radius 3 is 2.72 bits per heavy atom. The lowest BCUT2D eigenvalue weighted by molar-refractivity contribution is 0.0741. The summed E-state index contributed by atoms with van der Waals surface area (Å²) in [6, 6.07) is 3.51. The number of methoxy groups -OCH3 is 1. The molecule has 0 atom stereocenters. The van der Waals surface area contributed by atoms with Gasteiger partial charge in [-0.15, -0.1) is 0 Å². The first-order valence-corrected chi connectivity index (χ1v) is 7.95. The van der Waals surface area contributed by atoms with Gasteiger partial charge in [0.2, 0.25) is 17.6 Å². The van der Waals surface area contributed by atoms with Crippen LogP contribution in [0.1, 0.15) is 10.5 Å². The quantitative estimate of drug-likeness (QED) is 0.686. The van der Waals surface area contributed by atoms with E-state index in [9.17, 15) is 4.79 Å². The molecule has 1 amide bonds. The molecular weight excluding hydrogens is 322 g/mol. The summed E-state index contributed by atoms with van der Waals surface area (Å²) in [4.78, 5) is 33.5. The maximum Gasteiger partial charge on any atom is 0.274 e. The van der Waals surface area contributed by atoms with Crippen LogP contribution < -0.4 is 9.64 Å². The molecule has 3 aromatic rings. The van der Waals surface area contributed by atoms with Crippen LogP contribution in [0.15, 0.2) is 36.9 Å². The van der Waals surface area contributed by atoms with Gasteiger partial charge < -0.3 is 14.5 Å². The summed E-state index contributed by atoms with van der Waals surface area (Å²) in [5, 5.41) is 0. The molecule has 4 heterocycles.